The number of carbonyl (C=O) groups is 1. The van der Waals surface area contributed by atoms with Crippen LogP contribution in [0.2, 0.25) is 0 Å². The van der Waals surface area contributed by atoms with Crippen LogP contribution in [0.4, 0.5) is 4.39 Å². The number of carbonyl (C=O) groups excluding carboxylic acids is 1. The molecule has 0 N–H and O–H groups in total. The number of ether oxygens (including phenoxy) is 2. The molecule has 0 aliphatic heterocycles. The number of ketones is 1. The topological polar surface area (TPSA) is 35.5 Å². The van der Waals surface area contributed by atoms with E-state index >= 15 is 4.39 Å². The fourth-order valence-corrected chi connectivity index (χ4v) is 7.04. The summed E-state index contributed by atoms with van der Waals surface area (Å²) >= 11 is 0. The molecule has 0 aromatic heterocycles. The Hall–Kier alpha value is -0.480. The summed E-state index contributed by atoms with van der Waals surface area (Å²) in [5.41, 5.74) is -0.270. The molecule has 0 heterocycles. The first-order chi connectivity index (χ1) is 19.8. The van der Waals surface area contributed by atoms with Gasteiger partial charge in [0.2, 0.25) is 0 Å². The summed E-state index contributed by atoms with van der Waals surface area (Å²) in [6.07, 6.45) is 20.8. The number of hydrogen-bond donors (Lipinski definition) is 0. The molecular formula is C38H73FO3. The van der Waals surface area contributed by atoms with Crippen LogP contribution in [0.25, 0.3) is 0 Å². The Bertz CT molecular complexity index is 679. The Balaban J connectivity index is 2.46. The van der Waals surface area contributed by atoms with E-state index in [0.29, 0.717) is 24.2 Å². The lowest BCUT2D eigenvalue weighted by molar-refractivity contribution is -0.121. The highest BCUT2D eigenvalue weighted by atomic mass is 19.1. The second kappa shape index (κ2) is 21.3. The van der Waals surface area contributed by atoms with Crippen molar-refractivity contribution >= 4 is 5.78 Å². The number of alkyl halides is 1. The number of rotatable bonds is 24. The van der Waals surface area contributed by atoms with E-state index in [1.807, 2.05) is 0 Å². The molecule has 1 fully saturated rings. The summed E-state index contributed by atoms with van der Waals surface area (Å²) in [4.78, 5) is 12.8. The lowest BCUT2D eigenvalue weighted by Gasteiger charge is -2.29. The SMILES string of the molecule is CCCCCC(CCC(CC)C(F)CCCCCC1C(=O)CC[C@@H]1CCC(CCCCC)OC(C)(C)C)OC(C)(C)C. The summed E-state index contributed by atoms with van der Waals surface area (Å²) in [6, 6.07) is 0. The highest BCUT2D eigenvalue weighted by molar-refractivity contribution is 5.83. The molecule has 0 aromatic rings. The molecule has 0 saturated heterocycles. The van der Waals surface area contributed by atoms with Gasteiger partial charge in [-0.1, -0.05) is 85.0 Å². The van der Waals surface area contributed by atoms with Gasteiger partial charge in [-0.25, -0.2) is 4.39 Å². The number of halogens is 1. The van der Waals surface area contributed by atoms with Gasteiger partial charge in [-0.05, 0) is 111 Å². The monoisotopic (exact) mass is 597 g/mol. The van der Waals surface area contributed by atoms with E-state index in [4.69, 9.17) is 9.47 Å². The maximum atomic E-state index is 15.3. The zero-order chi connectivity index (χ0) is 31.6. The van der Waals surface area contributed by atoms with Gasteiger partial charge in [0.15, 0.2) is 0 Å². The van der Waals surface area contributed by atoms with Crippen molar-refractivity contribution < 1.29 is 18.7 Å². The summed E-state index contributed by atoms with van der Waals surface area (Å²) in [7, 11) is 0. The lowest BCUT2D eigenvalue weighted by Crippen LogP contribution is -2.28. The molecule has 250 valence electrons. The first-order valence-electron chi connectivity index (χ1n) is 18.3. The third-order valence-corrected chi connectivity index (χ3v) is 9.29. The average molecular weight is 597 g/mol. The number of Topliss-reactive ketones (excluding diaryl/α,β-unsaturated/α-hetero) is 1. The van der Waals surface area contributed by atoms with Crippen molar-refractivity contribution in [3.63, 3.8) is 0 Å². The van der Waals surface area contributed by atoms with Crippen LogP contribution >= 0.6 is 0 Å². The quantitative estimate of drug-likeness (QED) is 0.104. The highest BCUT2D eigenvalue weighted by Gasteiger charge is 2.34. The summed E-state index contributed by atoms with van der Waals surface area (Å²) in [5.74, 6) is 1.32. The Morgan fingerprint density at radius 2 is 1.24 bits per heavy atom. The van der Waals surface area contributed by atoms with Crippen molar-refractivity contribution in [1.82, 2.24) is 0 Å². The highest BCUT2D eigenvalue weighted by Crippen LogP contribution is 2.37. The van der Waals surface area contributed by atoms with Gasteiger partial charge in [0.1, 0.15) is 12.0 Å². The van der Waals surface area contributed by atoms with Crippen LogP contribution in [-0.2, 0) is 14.3 Å². The molecule has 1 rings (SSSR count). The Labute approximate surface area is 262 Å². The molecule has 0 spiro atoms. The minimum Gasteiger partial charge on any atom is -0.373 e. The molecule has 1 aliphatic carbocycles. The van der Waals surface area contributed by atoms with Crippen LogP contribution < -0.4 is 0 Å². The van der Waals surface area contributed by atoms with E-state index in [0.717, 1.165) is 83.5 Å². The van der Waals surface area contributed by atoms with Gasteiger partial charge in [0, 0.05) is 12.3 Å². The molecule has 5 unspecified atom stereocenters. The summed E-state index contributed by atoms with van der Waals surface area (Å²) < 4.78 is 28.1. The van der Waals surface area contributed by atoms with E-state index in [9.17, 15) is 4.79 Å². The van der Waals surface area contributed by atoms with Crippen molar-refractivity contribution in [2.24, 2.45) is 17.8 Å². The maximum Gasteiger partial charge on any atom is 0.136 e. The van der Waals surface area contributed by atoms with Crippen molar-refractivity contribution in [1.29, 1.82) is 0 Å². The van der Waals surface area contributed by atoms with Gasteiger partial charge >= 0.3 is 0 Å². The third-order valence-electron chi connectivity index (χ3n) is 9.29. The predicted octanol–water partition coefficient (Wildman–Crippen LogP) is 12.0. The van der Waals surface area contributed by atoms with Crippen LogP contribution in [0.15, 0.2) is 0 Å². The number of unbranched alkanes of at least 4 members (excludes halogenated alkanes) is 6. The largest absolute Gasteiger partial charge is 0.373 e. The summed E-state index contributed by atoms with van der Waals surface area (Å²) in [6.45, 7) is 19.5. The van der Waals surface area contributed by atoms with Crippen molar-refractivity contribution in [2.45, 2.75) is 220 Å². The minimum atomic E-state index is -0.728. The molecule has 3 nitrogen and oxygen atoms in total. The molecule has 4 heteroatoms. The van der Waals surface area contributed by atoms with Gasteiger partial charge in [-0.3, -0.25) is 4.79 Å². The minimum absolute atomic E-state index is 0.122. The third kappa shape index (κ3) is 18.4. The molecule has 6 atom stereocenters. The fraction of sp³-hybridized carbons (Fsp3) is 0.974. The average Bonchev–Trinajstić information content (AvgIpc) is 3.24. The van der Waals surface area contributed by atoms with Gasteiger partial charge in [-0.15, -0.1) is 0 Å². The van der Waals surface area contributed by atoms with E-state index < -0.39 is 6.17 Å². The van der Waals surface area contributed by atoms with E-state index in [2.05, 4.69) is 62.3 Å². The van der Waals surface area contributed by atoms with Gasteiger partial charge in [0.25, 0.3) is 0 Å². The van der Waals surface area contributed by atoms with Crippen LogP contribution in [0.1, 0.15) is 191 Å². The smallest absolute Gasteiger partial charge is 0.136 e. The van der Waals surface area contributed by atoms with Crippen LogP contribution in [0.3, 0.4) is 0 Å². The van der Waals surface area contributed by atoms with E-state index in [-0.39, 0.29) is 29.1 Å². The van der Waals surface area contributed by atoms with Crippen molar-refractivity contribution in [3.8, 4) is 0 Å². The van der Waals surface area contributed by atoms with Crippen molar-refractivity contribution in [2.75, 3.05) is 0 Å². The van der Waals surface area contributed by atoms with Crippen LogP contribution in [0, 0.1) is 17.8 Å². The maximum absolute atomic E-state index is 15.3. The fourth-order valence-electron chi connectivity index (χ4n) is 7.04. The molecule has 42 heavy (non-hydrogen) atoms. The Kier molecular flexibility index (Phi) is 20.0. The lowest BCUT2D eigenvalue weighted by atomic mass is 9.85. The first-order valence-corrected chi connectivity index (χ1v) is 18.3. The van der Waals surface area contributed by atoms with E-state index in [1.165, 1.54) is 38.5 Å². The summed E-state index contributed by atoms with van der Waals surface area (Å²) in [5, 5.41) is 0. The zero-order valence-electron chi connectivity index (χ0n) is 29.7. The number of hydrogen-bond acceptors (Lipinski definition) is 3. The Morgan fingerprint density at radius 3 is 1.76 bits per heavy atom. The second-order valence-corrected chi connectivity index (χ2v) is 15.5. The standard InChI is InChI=1S/C38H73FO3/c1-10-13-16-20-32(41-37(4,5)6)27-24-30(12-3)35(39)23-19-15-18-22-34-31(26-29-36(34)40)25-28-33(21-17-14-11-2)42-38(7,8)9/h30-35H,10-29H2,1-9H3/t30?,31-,32?,33?,34?,35?/m0/s1. The van der Waals surface area contributed by atoms with Gasteiger partial charge in [0.05, 0.1) is 23.4 Å². The molecule has 0 amide bonds. The molecule has 0 aromatic carbocycles. The second-order valence-electron chi connectivity index (χ2n) is 15.5. The molecular weight excluding hydrogens is 523 g/mol. The molecule has 0 radical (unpaired) electrons. The molecule has 1 saturated carbocycles. The molecule has 1 aliphatic rings. The first kappa shape index (κ1) is 39.5. The predicted molar refractivity (Wildman–Crippen MR) is 179 cm³/mol. The van der Waals surface area contributed by atoms with Crippen LogP contribution in [0.5, 0.6) is 0 Å². The van der Waals surface area contributed by atoms with E-state index in [1.54, 1.807) is 0 Å². The normalized spacial score (nSPS) is 21.0. The zero-order valence-corrected chi connectivity index (χ0v) is 29.7. The van der Waals surface area contributed by atoms with Crippen LogP contribution in [-0.4, -0.2) is 35.4 Å². The Morgan fingerprint density at radius 1 is 0.690 bits per heavy atom. The van der Waals surface area contributed by atoms with Gasteiger partial charge < -0.3 is 9.47 Å². The van der Waals surface area contributed by atoms with Crippen molar-refractivity contribution in [3.05, 3.63) is 0 Å². The van der Waals surface area contributed by atoms with Gasteiger partial charge in [-0.2, -0.15) is 0 Å². The molecule has 0 bridgehead atoms.